The number of aromatic nitrogens is 3. The average Bonchev–Trinajstić information content (AvgIpc) is 2.81. The van der Waals surface area contributed by atoms with Gasteiger partial charge in [-0.2, -0.15) is 4.98 Å². The van der Waals surface area contributed by atoms with Crippen molar-refractivity contribution in [2.75, 3.05) is 12.4 Å². The van der Waals surface area contributed by atoms with Crippen LogP contribution in [0.15, 0.2) is 16.8 Å². The second kappa shape index (κ2) is 5.47. The number of hydrogen-bond acceptors (Lipinski definition) is 6. The molecule has 2 aromatic rings. The van der Waals surface area contributed by atoms with E-state index in [0.29, 0.717) is 17.3 Å². The molecule has 2 aromatic heterocycles. The van der Waals surface area contributed by atoms with Gasteiger partial charge in [-0.3, -0.25) is 9.78 Å². The Kier molecular flexibility index (Phi) is 3.74. The molecule has 2 rings (SSSR count). The summed E-state index contributed by atoms with van der Waals surface area (Å²) in [6.45, 7) is 3.78. The number of nitrogens with one attached hydrogen (secondary N) is 2. The van der Waals surface area contributed by atoms with Crippen LogP contribution >= 0.6 is 0 Å². The predicted molar refractivity (Wildman–Crippen MR) is 68.7 cm³/mol. The fraction of sp³-hybridized carbons (Fsp3) is 0.333. The molecule has 19 heavy (non-hydrogen) atoms. The van der Waals surface area contributed by atoms with Crippen LogP contribution in [0.2, 0.25) is 0 Å². The van der Waals surface area contributed by atoms with Crippen molar-refractivity contribution in [3.63, 3.8) is 0 Å². The molecule has 0 saturated heterocycles. The van der Waals surface area contributed by atoms with E-state index in [-0.39, 0.29) is 12.5 Å². The van der Waals surface area contributed by atoms with Gasteiger partial charge in [-0.1, -0.05) is 5.16 Å². The number of pyridine rings is 1. The third-order valence-electron chi connectivity index (χ3n) is 2.53. The summed E-state index contributed by atoms with van der Waals surface area (Å²) in [4.78, 5) is 20.2. The van der Waals surface area contributed by atoms with Gasteiger partial charge in [-0.15, -0.1) is 0 Å². The van der Waals surface area contributed by atoms with Crippen molar-refractivity contribution in [2.45, 2.75) is 20.4 Å². The van der Waals surface area contributed by atoms with E-state index in [9.17, 15) is 4.79 Å². The van der Waals surface area contributed by atoms with Gasteiger partial charge in [0.15, 0.2) is 5.82 Å². The number of amides is 1. The molecule has 0 aliphatic heterocycles. The largest absolute Gasteiger partial charge is 0.387 e. The van der Waals surface area contributed by atoms with Gasteiger partial charge in [0.05, 0.1) is 17.8 Å². The molecule has 0 fully saturated rings. The van der Waals surface area contributed by atoms with Crippen LogP contribution in [0.4, 0.5) is 5.69 Å². The molecular formula is C12H15N5O2. The van der Waals surface area contributed by atoms with Crippen molar-refractivity contribution in [2.24, 2.45) is 0 Å². The summed E-state index contributed by atoms with van der Waals surface area (Å²) in [5, 5.41) is 9.39. The molecule has 7 heteroatoms. The SMILES string of the molecule is CNc1cc(C)ncc1C(=O)NCc1noc(C)n1. The van der Waals surface area contributed by atoms with Crippen LogP contribution in [0.1, 0.15) is 27.8 Å². The van der Waals surface area contributed by atoms with Crippen molar-refractivity contribution >= 4 is 11.6 Å². The minimum absolute atomic E-state index is 0.215. The maximum Gasteiger partial charge on any atom is 0.255 e. The molecular weight excluding hydrogens is 246 g/mol. The fourth-order valence-corrected chi connectivity index (χ4v) is 1.62. The smallest absolute Gasteiger partial charge is 0.255 e. The Hall–Kier alpha value is -2.44. The van der Waals surface area contributed by atoms with Gasteiger partial charge in [0, 0.05) is 25.9 Å². The number of carbonyl (C=O) groups is 1. The summed E-state index contributed by atoms with van der Waals surface area (Å²) in [6, 6.07) is 1.81. The molecule has 100 valence electrons. The Labute approximate surface area is 110 Å². The molecule has 0 radical (unpaired) electrons. The third-order valence-corrected chi connectivity index (χ3v) is 2.53. The van der Waals surface area contributed by atoms with Crippen molar-refractivity contribution in [1.82, 2.24) is 20.4 Å². The van der Waals surface area contributed by atoms with Crippen LogP contribution in [-0.2, 0) is 6.54 Å². The Morgan fingerprint density at radius 1 is 1.42 bits per heavy atom. The third kappa shape index (κ3) is 3.06. The van der Waals surface area contributed by atoms with Gasteiger partial charge in [0.2, 0.25) is 5.89 Å². The normalized spacial score (nSPS) is 10.3. The molecule has 0 atom stereocenters. The Morgan fingerprint density at radius 3 is 2.84 bits per heavy atom. The first kappa shape index (κ1) is 13.0. The predicted octanol–water partition coefficient (Wildman–Crippen LogP) is 1.05. The van der Waals surface area contributed by atoms with Crippen LogP contribution < -0.4 is 10.6 Å². The molecule has 0 bridgehead atoms. The number of aryl methyl sites for hydroxylation is 2. The summed E-state index contributed by atoms with van der Waals surface area (Å²) in [5.41, 5.74) is 2.05. The highest BCUT2D eigenvalue weighted by Gasteiger charge is 2.12. The fourth-order valence-electron chi connectivity index (χ4n) is 1.62. The zero-order valence-corrected chi connectivity index (χ0v) is 11.0. The highest BCUT2D eigenvalue weighted by atomic mass is 16.5. The van der Waals surface area contributed by atoms with E-state index in [4.69, 9.17) is 4.52 Å². The topological polar surface area (TPSA) is 92.9 Å². The summed E-state index contributed by atoms with van der Waals surface area (Å²) in [5.74, 6) is 0.674. The number of carbonyl (C=O) groups excluding carboxylic acids is 1. The van der Waals surface area contributed by atoms with Crippen molar-refractivity contribution in [3.8, 4) is 0 Å². The monoisotopic (exact) mass is 261 g/mol. The van der Waals surface area contributed by atoms with E-state index in [1.165, 1.54) is 6.20 Å². The van der Waals surface area contributed by atoms with E-state index in [2.05, 4.69) is 25.8 Å². The van der Waals surface area contributed by atoms with Crippen molar-refractivity contribution in [3.05, 3.63) is 35.2 Å². The summed E-state index contributed by atoms with van der Waals surface area (Å²) in [7, 11) is 1.76. The lowest BCUT2D eigenvalue weighted by Crippen LogP contribution is -2.24. The Bertz CT molecular complexity index is 594. The highest BCUT2D eigenvalue weighted by molar-refractivity contribution is 5.99. The molecule has 0 aromatic carbocycles. The maximum atomic E-state index is 12.0. The lowest BCUT2D eigenvalue weighted by Gasteiger charge is -2.09. The highest BCUT2D eigenvalue weighted by Crippen LogP contribution is 2.14. The summed E-state index contributed by atoms with van der Waals surface area (Å²) in [6.07, 6.45) is 1.54. The molecule has 2 N–H and O–H groups in total. The van der Waals surface area contributed by atoms with Crippen LogP contribution in [0.25, 0.3) is 0 Å². The zero-order valence-electron chi connectivity index (χ0n) is 11.0. The first-order chi connectivity index (χ1) is 9.10. The molecule has 1 amide bonds. The minimum atomic E-state index is -0.237. The van der Waals surface area contributed by atoms with E-state index in [0.717, 1.165) is 11.4 Å². The van der Waals surface area contributed by atoms with E-state index >= 15 is 0 Å². The summed E-state index contributed by atoms with van der Waals surface area (Å²) >= 11 is 0. The molecule has 0 unspecified atom stereocenters. The van der Waals surface area contributed by atoms with Crippen LogP contribution in [0.5, 0.6) is 0 Å². The van der Waals surface area contributed by atoms with Gasteiger partial charge in [-0.05, 0) is 13.0 Å². The van der Waals surface area contributed by atoms with E-state index in [1.54, 1.807) is 14.0 Å². The second-order valence-electron chi connectivity index (χ2n) is 4.03. The summed E-state index contributed by atoms with van der Waals surface area (Å²) < 4.78 is 4.83. The number of anilines is 1. The van der Waals surface area contributed by atoms with Crippen molar-refractivity contribution in [1.29, 1.82) is 0 Å². The first-order valence-corrected chi connectivity index (χ1v) is 5.82. The number of nitrogens with zero attached hydrogens (tertiary/aromatic N) is 3. The Balaban J connectivity index is 2.07. The number of rotatable bonds is 4. The number of hydrogen-bond donors (Lipinski definition) is 2. The van der Waals surface area contributed by atoms with E-state index in [1.807, 2.05) is 13.0 Å². The van der Waals surface area contributed by atoms with Crippen LogP contribution in [-0.4, -0.2) is 28.1 Å². The van der Waals surface area contributed by atoms with Gasteiger partial charge in [-0.25, -0.2) is 0 Å². The zero-order chi connectivity index (χ0) is 13.8. The lowest BCUT2D eigenvalue weighted by atomic mass is 10.2. The average molecular weight is 261 g/mol. The van der Waals surface area contributed by atoms with Gasteiger partial charge in [0.25, 0.3) is 5.91 Å². The van der Waals surface area contributed by atoms with Crippen LogP contribution in [0, 0.1) is 13.8 Å². The lowest BCUT2D eigenvalue weighted by molar-refractivity contribution is 0.0950. The van der Waals surface area contributed by atoms with E-state index < -0.39 is 0 Å². The minimum Gasteiger partial charge on any atom is -0.387 e. The van der Waals surface area contributed by atoms with Crippen LogP contribution in [0.3, 0.4) is 0 Å². The molecule has 0 aliphatic rings. The molecule has 2 heterocycles. The second-order valence-corrected chi connectivity index (χ2v) is 4.03. The van der Waals surface area contributed by atoms with Gasteiger partial charge >= 0.3 is 0 Å². The molecule has 7 nitrogen and oxygen atoms in total. The van der Waals surface area contributed by atoms with Gasteiger partial charge < -0.3 is 15.2 Å². The quantitative estimate of drug-likeness (QED) is 0.854. The standard InChI is InChI=1S/C12H15N5O2/c1-7-4-10(13-3)9(5-14-7)12(18)15-6-11-16-8(2)19-17-11/h4-5H,6H2,1-3H3,(H,13,14)(H,15,18). The Morgan fingerprint density at radius 2 is 2.21 bits per heavy atom. The van der Waals surface area contributed by atoms with Crippen molar-refractivity contribution < 1.29 is 9.32 Å². The molecule has 0 spiro atoms. The van der Waals surface area contributed by atoms with Gasteiger partial charge in [0.1, 0.15) is 0 Å². The molecule has 0 aliphatic carbocycles. The molecule has 0 saturated carbocycles. The maximum absolute atomic E-state index is 12.0. The first-order valence-electron chi connectivity index (χ1n) is 5.82.